The molecule has 0 aliphatic heterocycles. The number of amides is 1. The molecule has 0 spiro atoms. The molecular formula is C15H9Cl3N2O4S. The third kappa shape index (κ3) is 3.91. The van der Waals surface area contributed by atoms with Gasteiger partial charge in [0.2, 0.25) is 0 Å². The first-order valence-electron chi connectivity index (χ1n) is 6.72. The monoisotopic (exact) mass is 418 g/mol. The van der Waals surface area contributed by atoms with Crippen molar-refractivity contribution >= 4 is 61.7 Å². The van der Waals surface area contributed by atoms with Crippen LogP contribution in [0.4, 0.5) is 0 Å². The van der Waals surface area contributed by atoms with Crippen LogP contribution in [0.3, 0.4) is 0 Å². The molecule has 1 amide bonds. The Balaban J connectivity index is 1.80. The van der Waals surface area contributed by atoms with Crippen LogP contribution >= 0.6 is 34.8 Å². The fourth-order valence-corrected chi connectivity index (χ4v) is 3.74. The number of halogens is 3. The Hall–Kier alpha value is -1.77. The van der Waals surface area contributed by atoms with Gasteiger partial charge in [0.1, 0.15) is 0 Å². The summed E-state index contributed by atoms with van der Waals surface area (Å²) in [5.41, 5.74) is 2.33. The van der Waals surface area contributed by atoms with Gasteiger partial charge in [0.05, 0.1) is 9.92 Å². The molecule has 3 rings (SSSR count). The standard InChI is InChI=1S/C15H9Cl3N2O4S/c16-9-2-1-3-11(6-9)25(22,23)20-19-15(21)13-5-8-4-10(17)7-12(18)14(8)24-13/h1-7,20H,(H,19,21). The van der Waals surface area contributed by atoms with E-state index in [1.807, 2.05) is 4.83 Å². The molecule has 10 heteroatoms. The number of nitrogens with one attached hydrogen (secondary N) is 2. The number of fused-ring (bicyclic) bond motifs is 1. The predicted octanol–water partition coefficient (Wildman–Crippen LogP) is 4.02. The number of furan rings is 1. The summed E-state index contributed by atoms with van der Waals surface area (Å²) in [6, 6.07) is 10.0. The lowest BCUT2D eigenvalue weighted by molar-refractivity contribution is 0.0919. The van der Waals surface area contributed by atoms with Gasteiger partial charge in [-0.3, -0.25) is 10.2 Å². The van der Waals surface area contributed by atoms with Crippen LogP contribution in [-0.2, 0) is 10.0 Å². The number of hydrogen-bond acceptors (Lipinski definition) is 4. The zero-order valence-electron chi connectivity index (χ0n) is 12.2. The molecule has 0 atom stereocenters. The molecular weight excluding hydrogens is 411 g/mol. The normalized spacial score (nSPS) is 11.6. The van der Waals surface area contributed by atoms with Gasteiger partial charge in [-0.15, -0.1) is 4.83 Å². The summed E-state index contributed by atoms with van der Waals surface area (Å²) in [4.78, 5) is 14.0. The summed E-state index contributed by atoms with van der Waals surface area (Å²) in [7, 11) is -3.99. The van der Waals surface area contributed by atoms with Crippen LogP contribution < -0.4 is 10.3 Å². The van der Waals surface area contributed by atoms with E-state index in [1.54, 1.807) is 6.07 Å². The Bertz CT molecular complexity index is 1080. The molecule has 130 valence electrons. The maximum Gasteiger partial charge on any atom is 0.301 e. The maximum atomic E-state index is 12.1. The summed E-state index contributed by atoms with van der Waals surface area (Å²) in [5, 5.41) is 1.38. The molecule has 3 aromatic rings. The van der Waals surface area contributed by atoms with Crippen molar-refractivity contribution in [3.8, 4) is 0 Å². The molecule has 0 aliphatic rings. The molecule has 0 fully saturated rings. The second kappa shape index (κ2) is 6.86. The lowest BCUT2D eigenvalue weighted by Crippen LogP contribution is -2.41. The van der Waals surface area contributed by atoms with E-state index in [0.717, 1.165) is 0 Å². The van der Waals surface area contributed by atoms with Gasteiger partial charge in [-0.1, -0.05) is 40.9 Å². The van der Waals surface area contributed by atoms with Crippen molar-refractivity contribution in [3.63, 3.8) is 0 Å². The highest BCUT2D eigenvalue weighted by atomic mass is 35.5. The van der Waals surface area contributed by atoms with Crippen LogP contribution in [-0.4, -0.2) is 14.3 Å². The Labute approximate surface area is 157 Å². The van der Waals surface area contributed by atoms with Gasteiger partial charge in [-0.25, -0.2) is 8.42 Å². The SMILES string of the molecule is O=C(NNS(=O)(=O)c1cccc(Cl)c1)c1cc2cc(Cl)cc(Cl)c2o1. The van der Waals surface area contributed by atoms with Crippen LogP contribution in [0.15, 0.2) is 51.8 Å². The van der Waals surface area contributed by atoms with E-state index in [2.05, 4.69) is 5.43 Å². The van der Waals surface area contributed by atoms with Gasteiger partial charge in [0.25, 0.3) is 10.0 Å². The van der Waals surface area contributed by atoms with E-state index in [1.165, 1.54) is 36.4 Å². The van der Waals surface area contributed by atoms with Crippen molar-refractivity contribution in [2.45, 2.75) is 4.90 Å². The minimum atomic E-state index is -3.99. The third-order valence-corrected chi connectivity index (χ3v) is 5.14. The average molecular weight is 420 g/mol. The minimum absolute atomic E-state index is 0.0975. The van der Waals surface area contributed by atoms with Crippen LogP contribution in [0.5, 0.6) is 0 Å². The number of hydrogen-bond donors (Lipinski definition) is 2. The number of rotatable bonds is 4. The lowest BCUT2D eigenvalue weighted by Gasteiger charge is -2.07. The van der Waals surface area contributed by atoms with E-state index in [9.17, 15) is 13.2 Å². The zero-order valence-corrected chi connectivity index (χ0v) is 15.3. The van der Waals surface area contributed by atoms with E-state index in [-0.39, 0.29) is 26.3 Å². The van der Waals surface area contributed by atoms with E-state index < -0.39 is 15.9 Å². The van der Waals surface area contributed by atoms with Gasteiger partial charge in [0, 0.05) is 15.4 Å². The molecule has 0 saturated heterocycles. The third-order valence-electron chi connectivity index (χ3n) is 3.16. The Morgan fingerprint density at radius 1 is 1.00 bits per heavy atom. The summed E-state index contributed by atoms with van der Waals surface area (Å²) < 4.78 is 29.6. The molecule has 25 heavy (non-hydrogen) atoms. The van der Waals surface area contributed by atoms with Crippen molar-refractivity contribution in [3.05, 3.63) is 63.3 Å². The first-order chi connectivity index (χ1) is 11.8. The predicted molar refractivity (Wildman–Crippen MR) is 95.5 cm³/mol. The number of hydrazine groups is 1. The molecule has 0 bridgehead atoms. The maximum absolute atomic E-state index is 12.1. The van der Waals surface area contributed by atoms with Crippen LogP contribution in [0.2, 0.25) is 15.1 Å². The first-order valence-corrected chi connectivity index (χ1v) is 9.34. The molecule has 1 heterocycles. The highest BCUT2D eigenvalue weighted by Gasteiger charge is 2.19. The summed E-state index contributed by atoms with van der Waals surface area (Å²) in [6.07, 6.45) is 0. The quantitative estimate of drug-likeness (QED) is 0.625. The lowest BCUT2D eigenvalue weighted by atomic mass is 10.2. The van der Waals surface area contributed by atoms with Crippen molar-refractivity contribution in [1.29, 1.82) is 0 Å². The van der Waals surface area contributed by atoms with E-state index in [4.69, 9.17) is 39.2 Å². The number of benzene rings is 2. The fourth-order valence-electron chi connectivity index (χ4n) is 2.06. The van der Waals surface area contributed by atoms with Gasteiger partial charge in [0.15, 0.2) is 11.3 Å². The second-order valence-electron chi connectivity index (χ2n) is 4.93. The highest BCUT2D eigenvalue weighted by Crippen LogP contribution is 2.30. The van der Waals surface area contributed by atoms with Gasteiger partial charge in [-0.2, -0.15) is 0 Å². The minimum Gasteiger partial charge on any atom is -0.449 e. The Kier molecular flexibility index (Phi) is 4.95. The molecule has 6 nitrogen and oxygen atoms in total. The first kappa shape index (κ1) is 18.0. The number of carbonyl (C=O) groups is 1. The topological polar surface area (TPSA) is 88.4 Å². The van der Waals surface area contributed by atoms with E-state index >= 15 is 0 Å². The second-order valence-corrected chi connectivity index (χ2v) is 7.90. The van der Waals surface area contributed by atoms with E-state index in [0.29, 0.717) is 10.4 Å². The van der Waals surface area contributed by atoms with Crippen molar-refractivity contribution in [1.82, 2.24) is 10.3 Å². The smallest absolute Gasteiger partial charge is 0.301 e. The zero-order chi connectivity index (χ0) is 18.2. The molecule has 0 saturated carbocycles. The summed E-state index contributed by atoms with van der Waals surface area (Å²) in [6.45, 7) is 0. The van der Waals surface area contributed by atoms with Crippen molar-refractivity contribution in [2.24, 2.45) is 0 Å². The Morgan fingerprint density at radius 3 is 2.48 bits per heavy atom. The summed E-state index contributed by atoms with van der Waals surface area (Å²) >= 11 is 17.6. The van der Waals surface area contributed by atoms with Gasteiger partial charge >= 0.3 is 5.91 Å². The van der Waals surface area contributed by atoms with Crippen LogP contribution in [0.1, 0.15) is 10.6 Å². The highest BCUT2D eigenvalue weighted by molar-refractivity contribution is 7.89. The summed E-state index contributed by atoms with van der Waals surface area (Å²) in [5.74, 6) is -0.929. The molecule has 0 radical (unpaired) electrons. The molecule has 2 aromatic carbocycles. The molecule has 1 aromatic heterocycles. The van der Waals surface area contributed by atoms with Crippen LogP contribution in [0, 0.1) is 0 Å². The van der Waals surface area contributed by atoms with Gasteiger partial charge < -0.3 is 4.42 Å². The largest absolute Gasteiger partial charge is 0.449 e. The Morgan fingerprint density at radius 2 is 1.76 bits per heavy atom. The van der Waals surface area contributed by atoms with Crippen molar-refractivity contribution < 1.29 is 17.6 Å². The number of carbonyl (C=O) groups excluding carboxylic acids is 1. The average Bonchev–Trinajstić information content (AvgIpc) is 2.97. The van der Waals surface area contributed by atoms with Crippen molar-refractivity contribution in [2.75, 3.05) is 0 Å². The van der Waals surface area contributed by atoms with Crippen LogP contribution in [0.25, 0.3) is 11.0 Å². The fraction of sp³-hybridized carbons (Fsp3) is 0. The van der Waals surface area contributed by atoms with Gasteiger partial charge in [-0.05, 0) is 36.4 Å². The molecule has 0 unspecified atom stereocenters. The number of sulfonamides is 1. The molecule has 0 aliphatic carbocycles. The molecule has 2 N–H and O–H groups in total.